The topological polar surface area (TPSA) is 54.9 Å². The molecule has 1 N–H and O–H groups in total. The molecule has 0 bridgehead atoms. The number of nitrogens with zero attached hydrogens (tertiary/aromatic N) is 2. The van der Waals surface area contributed by atoms with Crippen LogP contribution in [0.15, 0.2) is 16.9 Å². The first-order valence-corrected chi connectivity index (χ1v) is 7.74. The van der Waals surface area contributed by atoms with E-state index in [1.54, 1.807) is 12.4 Å². The molecule has 0 aliphatic heterocycles. The monoisotopic (exact) mass is 325 g/mol. The molecule has 0 radical (unpaired) electrons. The molecule has 1 aliphatic carbocycles. The van der Waals surface area contributed by atoms with Gasteiger partial charge in [-0.3, -0.25) is 4.79 Å². The van der Waals surface area contributed by atoms with E-state index in [4.69, 9.17) is 0 Å². The molecule has 4 nitrogen and oxygen atoms in total. The molecule has 0 saturated heterocycles. The van der Waals surface area contributed by atoms with Crippen molar-refractivity contribution in [3.8, 4) is 0 Å². The molecule has 1 saturated carbocycles. The van der Waals surface area contributed by atoms with Crippen molar-refractivity contribution in [1.82, 2.24) is 15.3 Å². The highest BCUT2D eigenvalue weighted by molar-refractivity contribution is 9.10. The number of nitrogens with one attached hydrogen (secondary N) is 1. The van der Waals surface area contributed by atoms with Crippen molar-refractivity contribution in [2.45, 2.75) is 51.5 Å². The number of hydrogen-bond donors (Lipinski definition) is 1. The second-order valence-electron chi connectivity index (χ2n) is 5.18. The highest BCUT2D eigenvalue weighted by Crippen LogP contribution is 2.23. The van der Waals surface area contributed by atoms with Gasteiger partial charge in [-0.1, -0.05) is 25.7 Å². The van der Waals surface area contributed by atoms with E-state index in [-0.39, 0.29) is 17.9 Å². The Bertz CT molecular complexity index is 413. The molecule has 1 amide bonds. The predicted octanol–water partition coefficient (Wildman–Crippen LogP) is 3.39. The maximum atomic E-state index is 12.2. The zero-order chi connectivity index (χ0) is 13.7. The van der Waals surface area contributed by atoms with Crippen LogP contribution in [0.4, 0.5) is 0 Å². The van der Waals surface area contributed by atoms with Crippen molar-refractivity contribution in [3.63, 3.8) is 0 Å². The highest BCUT2D eigenvalue weighted by Gasteiger charge is 2.22. The Labute approximate surface area is 122 Å². The van der Waals surface area contributed by atoms with Crippen molar-refractivity contribution >= 4 is 21.8 Å². The van der Waals surface area contributed by atoms with Crippen LogP contribution in [0.3, 0.4) is 0 Å². The summed E-state index contributed by atoms with van der Waals surface area (Å²) >= 11 is 3.30. The third-order valence-electron chi connectivity index (χ3n) is 3.61. The van der Waals surface area contributed by atoms with Gasteiger partial charge in [0.25, 0.3) is 0 Å². The Kier molecular flexibility index (Phi) is 5.31. The summed E-state index contributed by atoms with van der Waals surface area (Å²) < 4.78 is 0.846. The fraction of sp³-hybridized carbons (Fsp3) is 0.643. The smallest absolute Gasteiger partial charge is 0.223 e. The molecule has 1 heterocycles. The van der Waals surface area contributed by atoms with Crippen LogP contribution < -0.4 is 5.32 Å². The van der Waals surface area contributed by atoms with Crippen LogP contribution in [-0.4, -0.2) is 15.9 Å². The lowest BCUT2D eigenvalue weighted by molar-refractivity contribution is -0.126. The van der Waals surface area contributed by atoms with Gasteiger partial charge in [0.2, 0.25) is 5.91 Å². The fourth-order valence-electron chi connectivity index (χ4n) is 2.48. The summed E-state index contributed by atoms with van der Waals surface area (Å²) in [5.41, 5.74) is 0. The maximum absolute atomic E-state index is 12.2. The molecule has 0 aromatic carbocycles. The minimum atomic E-state index is -0.135. The van der Waals surface area contributed by atoms with E-state index in [0.717, 1.165) is 17.3 Å². The largest absolute Gasteiger partial charge is 0.346 e. The van der Waals surface area contributed by atoms with Gasteiger partial charge >= 0.3 is 0 Å². The van der Waals surface area contributed by atoms with Crippen molar-refractivity contribution in [1.29, 1.82) is 0 Å². The van der Waals surface area contributed by atoms with Crippen molar-refractivity contribution < 1.29 is 4.79 Å². The minimum absolute atomic E-state index is 0.135. The number of amides is 1. The van der Waals surface area contributed by atoms with Gasteiger partial charge < -0.3 is 5.32 Å². The lowest BCUT2D eigenvalue weighted by Crippen LogP contribution is -2.33. The fourth-order valence-corrected chi connectivity index (χ4v) is 2.69. The van der Waals surface area contributed by atoms with Crippen molar-refractivity contribution in [2.75, 3.05) is 0 Å². The Balaban J connectivity index is 1.92. The number of rotatable bonds is 3. The quantitative estimate of drug-likeness (QED) is 0.866. The summed E-state index contributed by atoms with van der Waals surface area (Å²) in [5.74, 6) is 0.978. The van der Waals surface area contributed by atoms with Crippen LogP contribution in [0.1, 0.15) is 57.3 Å². The van der Waals surface area contributed by atoms with Crippen LogP contribution >= 0.6 is 15.9 Å². The van der Waals surface area contributed by atoms with Gasteiger partial charge in [0.1, 0.15) is 5.82 Å². The molecule has 1 fully saturated rings. The maximum Gasteiger partial charge on any atom is 0.223 e. The summed E-state index contributed by atoms with van der Waals surface area (Å²) in [5, 5.41) is 3.03. The lowest BCUT2D eigenvalue weighted by Gasteiger charge is -2.18. The van der Waals surface area contributed by atoms with Crippen LogP contribution in [0, 0.1) is 5.92 Å². The molecule has 1 atom stereocenters. The van der Waals surface area contributed by atoms with Crippen LogP contribution in [0.2, 0.25) is 0 Å². The third kappa shape index (κ3) is 4.27. The average molecular weight is 326 g/mol. The lowest BCUT2D eigenvalue weighted by atomic mass is 9.99. The van der Waals surface area contributed by atoms with Gasteiger partial charge in [0.05, 0.1) is 10.5 Å². The van der Waals surface area contributed by atoms with E-state index in [2.05, 4.69) is 31.2 Å². The predicted molar refractivity (Wildman–Crippen MR) is 77.5 cm³/mol. The molecular weight excluding hydrogens is 306 g/mol. The first kappa shape index (κ1) is 14.4. The third-order valence-corrected chi connectivity index (χ3v) is 4.02. The first-order valence-electron chi connectivity index (χ1n) is 6.94. The number of hydrogen-bond acceptors (Lipinski definition) is 3. The summed E-state index contributed by atoms with van der Waals surface area (Å²) in [7, 11) is 0. The Morgan fingerprint density at radius 3 is 2.42 bits per heavy atom. The zero-order valence-corrected chi connectivity index (χ0v) is 12.8. The molecular formula is C14H20BrN3O. The number of halogens is 1. The standard InChI is InChI=1S/C14H20BrN3O/c1-10(13-16-8-12(15)9-17-13)18-14(19)11-6-4-2-3-5-7-11/h8-11H,2-7H2,1H3,(H,18,19). The van der Waals surface area contributed by atoms with E-state index >= 15 is 0 Å². The summed E-state index contributed by atoms with van der Waals surface area (Å²) in [6.45, 7) is 1.93. The molecule has 19 heavy (non-hydrogen) atoms. The average Bonchev–Trinajstić information content (AvgIpc) is 2.68. The van der Waals surface area contributed by atoms with Gasteiger partial charge in [-0.2, -0.15) is 0 Å². The molecule has 1 aliphatic rings. The molecule has 0 spiro atoms. The number of carbonyl (C=O) groups is 1. The first-order chi connectivity index (χ1) is 9.16. The Hall–Kier alpha value is -0.970. The summed E-state index contributed by atoms with van der Waals surface area (Å²) in [6.07, 6.45) is 10.3. The minimum Gasteiger partial charge on any atom is -0.346 e. The molecule has 1 aromatic rings. The van der Waals surface area contributed by atoms with E-state index in [1.807, 2.05) is 6.92 Å². The molecule has 2 rings (SSSR count). The Morgan fingerprint density at radius 2 is 1.84 bits per heavy atom. The second-order valence-corrected chi connectivity index (χ2v) is 6.09. The number of carbonyl (C=O) groups excluding carboxylic acids is 1. The normalized spacial score (nSPS) is 18.6. The Morgan fingerprint density at radius 1 is 1.26 bits per heavy atom. The molecule has 104 valence electrons. The zero-order valence-electron chi connectivity index (χ0n) is 11.2. The summed E-state index contributed by atoms with van der Waals surface area (Å²) in [6, 6.07) is -0.135. The van der Waals surface area contributed by atoms with E-state index in [1.165, 1.54) is 25.7 Å². The van der Waals surface area contributed by atoms with Crippen molar-refractivity contribution in [2.24, 2.45) is 5.92 Å². The van der Waals surface area contributed by atoms with Crippen LogP contribution in [0.5, 0.6) is 0 Å². The van der Waals surface area contributed by atoms with Gasteiger partial charge in [-0.05, 0) is 35.7 Å². The van der Waals surface area contributed by atoms with Crippen molar-refractivity contribution in [3.05, 3.63) is 22.7 Å². The van der Waals surface area contributed by atoms with Crippen LogP contribution in [0.25, 0.3) is 0 Å². The molecule has 5 heteroatoms. The number of aromatic nitrogens is 2. The van der Waals surface area contributed by atoms with Gasteiger partial charge in [0, 0.05) is 18.3 Å². The van der Waals surface area contributed by atoms with Gasteiger partial charge in [-0.15, -0.1) is 0 Å². The summed E-state index contributed by atoms with van der Waals surface area (Å²) in [4.78, 5) is 20.7. The van der Waals surface area contributed by atoms with Gasteiger partial charge in [-0.25, -0.2) is 9.97 Å². The van der Waals surface area contributed by atoms with E-state index in [0.29, 0.717) is 5.82 Å². The second kappa shape index (κ2) is 6.98. The van der Waals surface area contributed by atoms with E-state index in [9.17, 15) is 4.79 Å². The SMILES string of the molecule is CC(NC(=O)C1CCCCCC1)c1ncc(Br)cn1. The molecule has 1 aromatic heterocycles. The highest BCUT2D eigenvalue weighted by atomic mass is 79.9. The molecule has 1 unspecified atom stereocenters. The van der Waals surface area contributed by atoms with Gasteiger partial charge in [0.15, 0.2) is 0 Å². The van der Waals surface area contributed by atoms with Crippen LogP contribution in [-0.2, 0) is 4.79 Å². The van der Waals surface area contributed by atoms with E-state index < -0.39 is 0 Å².